The zero-order chi connectivity index (χ0) is 20.9. The molecule has 0 amide bonds. The summed E-state index contributed by atoms with van der Waals surface area (Å²) in [5, 5.41) is 8.28. The van der Waals surface area contributed by atoms with Crippen molar-refractivity contribution in [3.05, 3.63) is 41.7 Å². The van der Waals surface area contributed by atoms with Gasteiger partial charge >= 0.3 is 0 Å². The van der Waals surface area contributed by atoms with Gasteiger partial charge in [-0.25, -0.2) is 24.0 Å². The lowest BCUT2D eigenvalue weighted by Gasteiger charge is -2.29. The molecule has 1 aromatic carbocycles. The number of aromatic nitrogens is 6. The van der Waals surface area contributed by atoms with Gasteiger partial charge in [-0.15, -0.1) is 0 Å². The predicted molar refractivity (Wildman–Crippen MR) is 116 cm³/mol. The number of anilines is 1. The molecule has 6 rings (SSSR count). The van der Waals surface area contributed by atoms with Gasteiger partial charge in [0.25, 0.3) is 0 Å². The summed E-state index contributed by atoms with van der Waals surface area (Å²) in [5.41, 5.74) is 4.17. The average Bonchev–Trinajstić information content (AvgIpc) is 3.45. The highest BCUT2D eigenvalue weighted by molar-refractivity contribution is 5.83. The Hall–Kier alpha value is -3.07. The molecule has 8 nitrogen and oxygen atoms in total. The molecule has 0 spiro atoms. The number of aromatic amines is 1. The normalized spacial score (nSPS) is 18.3. The van der Waals surface area contributed by atoms with E-state index in [0.717, 1.165) is 59.9 Å². The largest absolute Gasteiger partial charge is 0.360 e. The number of imidazole rings is 1. The number of nitrogens with one attached hydrogen (secondary N) is 2. The van der Waals surface area contributed by atoms with Crippen molar-refractivity contribution in [1.82, 2.24) is 34.6 Å². The predicted octanol–water partition coefficient (Wildman–Crippen LogP) is 3.60. The Bertz CT molecular complexity index is 1250. The number of likely N-dealkylation sites (tertiary alicyclic amines) is 1. The zero-order valence-corrected chi connectivity index (χ0v) is 17.5. The Morgan fingerprint density at radius 2 is 2.00 bits per heavy atom. The molecule has 1 saturated heterocycles. The molecule has 2 fully saturated rings. The molecule has 0 radical (unpaired) electrons. The average molecular weight is 420 g/mol. The summed E-state index contributed by atoms with van der Waals surface area (Å²) in [6, 6.07) is 4.90. The number of benzene rings is 1. The number of rotatable bonds is 5. The molecule has 1 saturated carbocycles. The molecular weight excluding hydrogens is 395 g/mol. The minimum atomic E-state index is -0.289. The Labute approximate surface area is 178 Å². The number of halogens is 1. The van der Waals surface area contributed by atoms with Crippen LogP contribution in [0.5, 0.6) is 0 Å². The highest BCUT2D eigenvalue weighted by atomic mass is 19.1. The maximum absolute atomic E-state index is 13.5. The molecule has 3 aromatic heterocycles. The fraction of sp³-hybridized carbons (Fsp3) is 0.455. The van der Waals surface area contributed by atoms with Crippen molar-refractivity contribution in [3.8, 4) is 0 Å². The number of hydrogen-bond acceptors (Lipinski definition) is 6. The van der Waals surface area contributed by atoms with Crippen LogP contribution in [0.2, 0.25) is 0 Å². The van der Waals surface area contributed by atoms with E-state index in [2.05, 4.69) is 31.9 Å². The number of H-pyrrole nitrogens is 1. The first-order valence-electron chi connectivity index (χ1n) is 11.0. The SMILES string of the molecule is CN1CCC(n2nc(NCc3nc4cc(F)ccc4[nH]3)c3ncc(C4CC4)nc32)CC1. The molecule has 4 aromatic rings. The van der Waals surface area contributed by atoms with Gasteiger partial charge in [-0.3, -0.25) is 0 Å². The number of nitrogens with zero attached hydrogens (tertiary/aromatic N) is 6. The fourth-order valence-corrected chi connectivity index (χ4v) is 4.39. The summed E-state index contributed by atoms with van der Waals surface area (Å²) in [6.07, 6.45) is 6.39. The van der Waals surface area contributed by atoms with E-state index in [4.69, 9.17) is 15.1 Å². The van der Waals surface area contributed by atoms with Crippen LogP contribution in [-0.2, 0) is 6.54 Å². The second-order valence-electron chi connectivity index (χ2n) is 8.77. The van der Waals surface area contributed by atoms with E-state index < -0.39 is 0 Å². The van der Waals surface area contributed by atoms with Crippen LogP contribution < -0.4 is 5.32 Å². The standard InChI is InChI=1S/C22H25FN8/c1-30-8-6-15(7-9-30)31-22-20(24-11-18(28-22)13-2-3-13)21(29-31)25-12-19-26-16-5-4-14(23)10-17(16)27-19/h4-5,10-11,13,15H,2-3,6-9,12H2,1H3,(H,25,29)(H,26,27). The van der Waals surface area contributed by atoms with Crippen molar-refractivity contribution >= 4 is 28.0 Å². The van der Waals surface area contributed by atoms with E-state index in [1.807, 2.05) is 6.20 Å². The quantitative estimate of drug-likeness (QED) is 0.513. The van der Waals surface area contributed by atoms with Gasteiger partial charge in [-0.2, -0.15) is 5.10 Å². The van der Waals surface area contributed by atoms with Crippen LogP contribution in [0.25, 0.3) is 22.2 Å². The van der Waals surface area contributed by atoms with Crippen molar-refractivity contribution < 1.29 is 4.39 Å². The Kier molecular flexibility index (Phi) is 4.38. The molecule has 0 unspecified atom stereocenters. The topological polar surface area (TPSA) is 87.5 Å². The van der Waals surface area contributed by atoms with Crippen LogP contribution in [-0.4, -0.2) is 54.8 Å². The van der Waals surface area contributed by atoms with Crippen molar-refractivity contribution in [1.29, 1.82) is 0 Å². The van der Waals surface area contributed by atoms with Crippen LogP contribution in [0, 0.1) is 5.82 Å². The van der Waals surface area contributed by atoms with Gasteiger partial charge in [0.1, 0.15) is 11.6 Å². The third-order valence-electron chi connectivity index (χ3n) is 6.37. The van der Waals surface area contributed by atoms with Crippen molar-refractivity contribution in [2.75, 3.05) is 25.5 Å². The van der Waals surface area contributed by atoms with Crippen LogP contribution in [0.3, 0.4) is 0 Å². The summed E-state index contributed by atoms with van der Waals surface area (Å²) in [7, 11) is 2.16. The third-order valence-corrected chi connectivity index (χ3v) is 6.37. The second-order valence-corrected chi connectivity index (χ2v) is 8.77. The van der Waals surface area contributed by atoms with E-state index in [9.17, 15) is 4.39 Å². The minimum absolute atomic E-state index is 0.289. The van der Waals surface area contributed by atoms with Crippen LogP contribution in [0.1, 0.15) is 49.2 Å². The molecule has 1 aliphatic heterocycles. The summed E-state index contributed by atoms with van der Waals surface area (Å²) in [5.74, 6) is 1.70. The van der Waals surface area contributed by atoms with Gasteiger partial charge in [0.2, 0.25) is 0 Å². The van der Waals surface area contributed by atoms with E-state index in [-0.39, 0.29) is 5.82 Å². The van der Waals surface area contributed by atoms with Gasteiger partial charge < -0.3 is 15.2 Å². The molecule has 0 bridgehead atoms. The van der Waals surface area contributed by atoms with E-state index in [0.29, 0.717) is 24.0 Å². The number of hydrogen-bond donors (Lipinski definition) is 2. The monoisotopic (exact) mass is 420 g/mol. The van der Waals surface area contributed by atoms with Crippen molar-refractivity contribution in [2.45, 2.75) is 44.2 Å². The van der Waals surface area contributed by atoms with Crippen molar-refractivity contribution in [2.24, 2.45) is 0 Å². The summed E-state index contributed by atoms with van der Waals surface area (Å²) in [4.78, 5) is 19.8. The lowest BCUT2D eigenvalue weighted by Crippen LogP contribution is -2.32. The first-order valence-corrected chi connectivity index (χ1v) is 11.0. The zero-order valence-electron chi connectivity index (χ0n) is 17.5. The van der Waals surface area contributed by atoms with Crippen LogP contribution in [0.15, 0.2) is 24.4 Å². The van der Waals surface area contributed by atoms with E-state index in [1.165, 1.54) is 25.0 Å². The molecule has 0 atom stereocenters. The smallest absolute Gasteiger partial charge is 0.179 e. The Balaban J connectivity index is 1.32. The number of piperidine rings is 1. The van der Waals surface area contributed by atoms with Crippen LogP contribution >= 0.6 is 0 Å². The van der Waals surface area contributed by atoms with Crippen molar-refractivity contribution in [3.63, 3.8) is 0 Å². The molecular formula is C22H25FN8. The van der Waals surface area contributed by atoms with Gasteiger partial charge in [-0.05, 0) is 58.0 Å². The summed E-state index contributed by atoms with van der Waals surface area (Å²) < 4.78 is 15.5. The summed E-state index contributed by atoms with van der Waals surface area (Å²) in [6.45, 7) is 2.56. The van der Waals surface area contributed by atoms with Crippen LogP contribution in [0.4, 0.5) is 10.2 Å². The van der Waals surface area contributed by atoms with Gasteiger partial charge in [0.15, 0.2) is 17.0 Å². The highest BCUT2D eigenvalue weighted by Gasteiger charge is 2.28. The van der Waals surface area contributed by atoms with E-state index >= 15 is 0 Å². The third kappa shape index (κ3) is 3.52. The second kappa shape index (κ2) is 7.26. The molecule has 160 valence electrons. The Morgan fingerprint density at radius 1 is 1.16 bits per heavy atom. The molecule has 1 aliphatic carbocycles. The molecule has 2 N–H and O–H groups in total. The maximum Gasteiger partial charge on any atom is 0.179 e. The first-order chi connectivity index (χ1) is 15.1. The van der Waals surface area contributed by atoms with E-state index in [1.54, 1.807) is 6.07 Å². The minimum Gasteiger partial charge on any atom is -0.360 e. The maximum atomic E-state index is 13.5. The highest BCUT2D eigenvalue weighted by Crippen LogP contribution is 2.39. The molecule has 9 heteroatoms. The fourth-order valence-electron chi connectivity index (χ4n) is 4.39. The summed E-state index contributed by atoms with van der Waals surface area (Å²) >= 11 is 0. The van der Waals surface area contributed by atoms with Gasteiger partial charge in [0, 0.05) is 18.2 Å². The molecule has 31 heavy (non-hydrogen) atoms. The lowest BCUT2D eigenvalue weighted by molar-refractivity contribution is 0.215. The van der Waals surface area contributed by atoms with Gasteiger partial charge in [-0.1, -0.05) is 0 Å². The molecule has 4 heterocycles. The lowest BCUT2D eigenvalue weighted by atomic mass is 10.1. The van der Waals surface area contributed by atoms with Gasteiger partial charge in [0.05, 0.1) is 29.3 Å². The first kappa shape index (κ1) is 18.7. The molecule has 2 aliphatic rings. The Morgan fingerprint density at radius 3 is 2.81 bits per heavy atom. The number of fused-ring (bicyclic) bond motifs is 2.